The number of hydrogen-bond acceptors (Lipinski definition) is 7. The Kier molecular flexibility index (Phi) is 5.59. The van der Waals surface area contributed by atoms with Crippen molar-refractivity contribution in [1.29, 1.82) is 0 Å². The third kappa shape index (κ3) is 3.63. The number of rotatable bonds is 7. The molecule has 3 heterocycles. The maximum Gasteiger partial charge on any atom is 0.262 e. The summed E-state index contributed by atoms with van der Waals surface area (Å²) in [5.41, 5.74) is 4.29. The summed E-state index contributed by atoms with van der Waals surface area (Å²) in [5.74, 6) is 1.13. The van der Waals surface area contributed by atoms with Crippen LogP contribution in [-0.4, -0.2) is 42.8 Å². The van der Waals surface area contributed by atoms with Crippen LogP contribution in [0.25, 0.3) is 27.7 Å². The minimum atomic E-state index is -0.0654. The minimum absolute atomic E-state index is 0.0654. The first kappa shape index (κ1) is 20.6. The van der Waals surface area contributed by atoms with Crippen molar-refractivity contribution in [3.63, 3.8) is 0 Å². The van der Waals surface area contributed by atoms with Gasteiger partial charge < -0.3 is 4.74 Å². The summed E-state index contributed by atoms with van der Waals surface area (Å²) in [6.45, 7) is 3.06. The number of nitrogens with zero attached hydrogens (tertiary/aromatic N) is 6. The molecule has 0 spiro atoms. The zero-order valence-electron chi connectivity index (χ0n) is 17.9. The summed E-state index contributed by atoms with van der Waals surface area (Å²) >= 11 is 1.54. The molecule has 5 aromatic rings. The van der Waals surface area contributed by atoms with Gasteiger partial charge in [-0.05, 0) is 37.6 Å². The van der Waals surface area contributed by atoms with Crippen molar-refractivity contribution in [2.45, 2.75) is 30.8 Å². The van der Waals surface area contributed by atoms with Crippen LogP contribution in [0, 0.1) is 6.92 Å². The van der Waals surface area contributed by atoms with E-state index in [1.54, 1.807) is 11.7 Å². The Bertz CT molecular complexity index is 1490. The molecule has 0 saturated carbocycles. The van der Waals surface area contributed by atoms with Gasteiger partial charge in [0.1, 0.15) is 0 Å². The van der Waals surface area contributed by atoms with E-state index in [4.69, 9.17) is 9.72 Å². The van der Waals surface area contributed by atoms with E-state index in [-0.39, 0.29) is 5.56 Å². The zero-order chi connectivity index (χ0) is 22.1. The highest BCUT2D eigenvalue weighted by molar-refractivity contribution is 7.98. The number of thioether (sulfide) groups is 1. The van der Waals surface area contributed by atoms with Gasteiger partial charge in [-0.3, -0.25) is 13.8 Å². The van der Waals surface area contributed by atoms with Crippen molar-refractivity contribution in [2.24, 2.45) is 0 Å². The van der Waals surface area contributed by atoms with E-state index in [2.05, 4.69) is 15.2 Å². The van der Waals surface area contributed by atoms with Crippen molar-refractivity contribution in [3.05, 3.63) is 70.3 Å². The van der Waals surface area contributed by atoms with Crippen LogP contribution in [0.3, 0.4) is 0 Å². The Labute approximate surface area is 188 Å². The monoisotopic (exact) mass is 446 g/mol. The smallest absolute Gasteiger partial charge is 0.262 e. The topological polar surface area (TPSA) is 87.2 Å². The second kappa shape index (κ2) is 8.68. The lowest BCUT2D eigenvalue weighted by Gasteiger charge is -2.11. The summed E-state index contributed by atoms with van der Waals surface area (Å²) in [6, 6.07) is 15.4. The number of aryl methyl sites for hydroxylation is 2. The molecule has 0 amide bonds. The molecule has 9 heteroatoms. The first-order chi connectivity index (χ1) is 15.7. The summed E-state index contributed by atoms with van der Waals surface area (Å²) in [5, 5.41) is 10.1. The Morgan fingerprint density at radius 1 is 1.00 bits per heavy atom. The van der Waals surface area contributed by atoms with Gasteiger partial charge in [0.15, 0.2) is 5.16 Å². The van der Waals surface area contributed by atoms with E-state index in [1.807, 2.05) is 59.9 Å². The van der Waals surface area contributed by atoms with Crippen LogP contribution in [0.2, 0.25) is 0 Å². The Morgan fingerprint density at radius 2 is 1.75 bits per heavy atom. The van der Waals surface area contributed by atoms with Crippen LogP contribution >= 0.6 is 11.8 Å². The van der Waals surface area contributed by atoms with Crippen LogP contribution in [0.15, 0.2) is 58.5 Å². The third-order valence-corrected chi connectivity index (χ3v) is 6.33. The molecular formula is C23H22N6O2S. The molecule has 5 rings (SSSR count). The molecule has 3 aromatic heterocycles. The Morgan fingerprint density at radius 3 is 2.56 bits per heavy atom. The van der Waals surface area contributed by atoms with E-state index < -0.39 is 0 Å². The molecular weight excluding hydrogens is 424 g/mol. The fourth-order valence-corrected chi connectivity index (χ4v) is 4.74. The average Bonchev–Trinajstić information content (AvgIpc) is 3.24. The van der Waals surface area contributed by atoms with Gasteiger partial charge in [-0.25, -0.2) is 9.97 Å². The number of hydrogen-bond donors (Lipinski definition) is 0. The number of methoxy groups -OCH3 is 1. The van der Waals surface area contributed by atoms with Gasteiger partial charge >= 0.3 is 0 Å². The number of ether oxygens (including phenoxy) is 1. The molecule has 0 saturated heterocycles. The normalized spacial score (nSPS) is 11.7. The van der Waals surface area contributed by atoms with Gasteiger partial charge in [0.05, 0.1) is 33.3 Å². The molecule has 8 nitrogen and oxygen atoms in total. The number of fused-ring (bicyclic) bond motifs is 4. The van der Waals surface area contributed by atoms with Crippen LogP contribution in [0.5, 0.6) is 0 Å². The van der Waals surface area contributed by atoms with Crippen molar-refractivity contribution in [3.8, 4) is 0 Å². The van der Waals surface area contributed by atoms with E-state index >= 15 is 0 Å². The van der Waals surface area contributed by atoms with Crippen molar-refractivity contribution < 1.29 is 4.74 Å². The van der Waals surface area contributed by atoms with Crippen molar-refractivity contribution in [2.75, 3.05) is 13.7 Å². The van der Waals surface area contributed by atoms with E-state index in [9.17, 15) is 4.79 Å². The quantitative estimate of drug-likeness (QED) is 0.279. The minimum Gasteiger partial charge on any atom is -0.385 e. The Hall–Kier alpha value is -3.30. The van der Waals surface area contributed by atoms with Gasteiger partial charge in [0, 0.05) is 26.0 Å². The number of aromatic nitrogens is 6. The molecule has 0 radical (unpaired) electrons. The van der Waals surface area contributed by atoms with Crippen LogP contribution in [-0.2, 0) is 17.0 Å². The first-order valence-electron chi connectivity index (χ1n) is 10.4. The van der Waals surface area contributed by atoms with Gasteiger partial charge in [-0.15, -0.1) is 10.2 Å². The number of benzene rings is 2. The molecule has 0 aliphatic heterocycles. The molecule has 0 aliphatic rings. The number of para-hydroxylation sites is 3. The highest BCUT2D eigenvalue weighted by atomic mass is 32.2. The van der Waals surface area contributed by atoms with Gasteiger partial charge in [0.2, 0.25) is 5.78 Å². The molecule has 0 unspecified atom stereocenters. The molecule has 0 N–H and O–H groups in total. The van der Waals surface area contributed by atoms with Gasteiger partial charge in [-0.1, -0.05) is 36.0 Å². The lowest BCUT2D eigenvalue weighted by Crippen LogP contribution is -2.24. The van der Waals surface area contributed by atoms with Gasteiger partial charge in [0.25, 0.3) is 5.56 Å². The lowest BCUT2D eigenvalue weighted by molar-refractivity contribution is 0.190. The fourth-order valence-electron chi connectivity index (χ4n) is 3.79. The molecule has 162 valence electrons. The largest absolute Gasteiger partial charge is 0.385 e. The molecule has 0 atom stereocenters. The molecule has 32 heavy (non-hydrogen) atoms. The second-order valence-corrected chi connectivity index (χ2v) is 8.41. The average molecular weight is 447 g/mol. The summed E-state index contributed by atoms with van der Waals surface area (Å²) in [6.07, 6.45) is 0.714. The predicted molar refractivity (Wildman–Crippen MR) is 125 cm³/mol. The molecule has 2 aromatic carbocycles. The second-order valence-electron chi connectivity index (χ2n) is 7.47. The maximum absolute atomic E-state index is 13.1. The first-order valence-corrected chi connectivity index (χ1v) is 11.4. The SMILES string of the molecule is COCCCn1c(=O)c2ccccc2n2c(SCc3nc4ccccc4nc3C)nnc12. The van der Waals surface area contributed by atoms with Gasteiger partial charge in [-0.2, -0.15) is 0 Å². The maximum atomic E-state index is 13.1. The summed E-state index contributed by atoms with van der Waals surface area (Å²) in [4.78, 5) is 22.6. The summed E-state index contributed by atoms with van der Waals surface area (Å²) in [7, 11) is 1.66. The van der Waals surface area contributed by atoms with Crippen LogP contribution in [0.1, 0.15) is 17.8 Å². The van der Waals surface area contributed by atoms with E-state index in [0.717, 1.165) is 27.9 Å². The highest BCUT2D eigenvalue weighted by Crippen LogP contribution is 2.25. The fraction of sp³-hybridized carbons (Fsp3) is 0.261. The highest BCUT2D eigenvalue weighted by Gasteiger charge is 2.17. The van der Waals surface area contributed by atoms with Crippen LogP contribution < -0.4 is 5.56 Å². The third-order valence-electron chi connectivity index (χ3n) is 5.39. The standard InChI is InChI=1S/C23H22N6O2S/c1-15-19(25-18-10-5-4-9-17(18)24-15)14-32-23-27-26-22-28(12-7-13-31-2)21(30)16-8-3-6-11-20(16)29(22)23/h3-6,8-11H,7,12-14H2,1-2H3. The van der Waals surface area contributed by atoms with Crippen molar-refractivity contribution in [1.82, 2.24) is 29.1 Å². The predicted octanol–water partition coefficient (Wildman–Crippen LogP) is 3.62. The molecule has 0 aliphatic carbocycles. The van der Waals surface area contributed by atoms with Crippen molar-refractivity contribution >= 4 is 39.5 Å². The van der Waals surface area contributed by atoms with Crippen LogP contribution in [0.4, 0.5) is 0 Å². The van der Waals surface area contributed by atoms with E-state index in [1.165, 1.54) is 11.8 Å². The lowest BCUT2D eigenvalue weighted by atomic mass is 10.2. The molecule has 0 bridgehead atoms. The summed E-state index contributed by atoms with van der Waals surface area (Å²) < 4.78 is 8.80. The Balaban J connectivity index is 1.56. The van der Waals surface area contributed by atoms with E-state index in [0.29, 0.717) is 41.6 Å². The zero-order valence-corrected chi connectivity index (χ0v) is 18.7. The molecule has 0 fully saturated rings.